The SMILES string of the molecule is COCCn1c(C)cc(/C=C(\C#N)C(=O)O[C@H](C)C(=O)N(C)Cc2ccccc2)c1C. The largest absolute Gasteiger partial charge is 0.448 e. The van der Waals surface area contributed by atoms with Gasteiger partial charge in [0, 0.05) is 38.6 Å². The Morgan fingerprint density at radius 2 is 1.94 bits per heavy atom. The number of esters is 1. The average molecular weight is 424 g/mol. The van der Waals surface area contributed by atoms with Gasteiger partial charge in [-0.3, -0.25) is 4.79 Å². The van der Waals surface area contributed by atoms with E-state index >= 15 is 0 Å². The molecule has 7 nitrogen and oxygen atoms in total. The van der Waals surface area contributed by atoms with E-state index in [0.29, 0.717) is 19.7 Å². The fraction of sp³-hybridized carbons (Fsp3) is 0.375. The summed E-state index contributed by atoms with van der Waals surface area (Å²) in [6, 6.07) is 13.3. The second kappa shape index (κ2) is 11.1. The lowest BCUT2D eigenvalue weighted by atomic mass is 10.1. The molecule has 0 saturated heterocycles. The number of benzene rings is 1. The molecule has 0 aliphatic carbocycles. The number of ether oxygens (including phenoxy) is 2. The first kappa shape index (κ1) is 23.9. The van der Waals surface area contributed by atoms with E-state index in [4.69, 9.17) is 9.47 Å². The van der Waals surface area contributed by atoms with Crippen LogP contribution in [0.4, 0.5) is 0 Å². The Balaban J connectivity index is 2.08. The first-order valence-electron chi connectivity index (χ1n) is 10.1. The summed E-state index contributed by atoms with van der Waals surface area (Å²) < 4.78 is 12.5. The summed E-state index contributed by atoms with van der Waals surface area (Å²) in [5, 5.41) is 9.48. The van der Waals surface area contributed by atoms with Crippen molar-refractivity contribution in [3.05, 3.63) is 64.5 Å². The van der Waals surface area contributed by atoms with Gasteiger partial charge in [-0.05, 0) is 44.0 Å². The summed E-state index contributed by atoms with van der Waals surface area (Å²) in [4.78, 5) is 26.6. The van der Waals surface area contributed by atoms with E-state index in [1.807, 2.05) is 56.3 Å². The molecule has 1 atom stereocenters. The second-order valence-electron chi connectivity index (χ2n) is 7.37. The van der Waals surface area contributed by atoms with E-state index < -0.39 is 12.1 Å². The van der Waals surface area contributed by atoms with Crippen molar-refractivity contribution in [3.63, 3.8) is 0 Å². The topological polar surface area (TPSA) is 84.6 Å². The summed E-state index contributed by atoms with van der Waals surface area (Å²) in [5.41, 5.74) is 3.48. The number of carbonyl (C=O) groups is 2. The Morgan fingerprint density at radius 1 is 1.26 bits per heavy atom. The normalized spacial score (nSPS) is 12.2. The molecule has 2 aromatic rings. The van der Waals surface area contributed by atoms with E-state index in [0.717, 1.165) is 22.5 Å². The van der Waals surface area contributed by atoms with Gasteiger partial charge in [0.05, 0.1) is 6.61 Å². The number of carbonyl (C=O) groups excluding carboxylic acids is 2. The van der Waals surface area contributed by atoms with Crippen molar-refractivity contribution in [2.45, 2.75) is 40.0 Å². The average Bonchev–Trinajstić information content (AvgIpc) is 3.02. The molecule has 1 amide bonds. The highest BCUT2D eigenvalue weighted by Gasteiger charge is 2.24. The molecule has 0 N–H and O–H groups in total. The summed E-state index contributed by atoms with van der Waals surface area (Å²) in [6.07, 6.45) is 0.492. The summed E-state index contributed by atoms with van der Waals surface area (Å²) in [5.74, 6) is -1.16. The molecule has 7 heteroatoms. The quantitative estimate of drug-likeness (QED) is 0.351. The molecular formula is C24H29N3O4. The number of nitriles is 1. The zero-order valence-electron chi connectivity index (χ0n) is 18.7. The summed E-state index contributed by atoms with van der Waals surface area (Å²) in [6.45, 7) is 7.01. The predicted octanol–water partition coefficient (Wildman–Crippen LogP) is 3.25. The monoisotopic (exact) mass is 423 g/mol. The lowest BCUT2D eigenvalue weighted by Gasteiger charge is -2.21. The number of hydrogen-bond donors (Lipinski definition) is 0. The molecule has 0 saturated carbocycles. The van der Waals surface area contributed by atoms with Crippen LogP contribution in [-0.2, 0) is 32.2 Å². The number of rotatable bonds is 9. The van der Waals surface area contributed by atoms with E-state index in [-0.39, 0.29) is 11.5 Å². The van der Waals surface area contributed by atoms with Crippen LogP contribution in [0.25, 0.3) is 6.08 Å². The Hall–Kier alpha value is -3.37. The van der Waals surface area contributed by atoms with Gasteiger partial charge in [0.2, 0.25) is 0 Å². The highest BCUT2D eigenvalue weighted by atomic mass is 16.5. The number of aromatic nitrogens is 1. The van der Waals surface area contributed by atoms with Crippen LogP contribution < -0.4 is 0 Å². The minimum Gasteiger partial charge on any atom is -0.448 e. The van der Waals surface area contributed by atoms with Crippen molar-refractivity contribution in [2.75, 3.05) is 20.8 Å². The third-order valence-corrected chi connectivity index (χ3v) is 5.04. The van der Waals surface area contributed by atoms with Gasteiger partial charge < -0.3 is 18.9 Å². The van der Waals surface area contributed by atoms with Crippen molar-refractivity contribution < 1.29 is 19.1 Å². The van der Waals surface area contributed by atoms with Gasteiger partial charge in [0.15, 0.2) is 6.10 Å². The van der Waals surface area contributed by atoms with Gasteiger partial charge in [0.25, 0.3) is 5.91 Å². The van der Waals surface area contributed by atoms with Crippen LogP contribution >= 0.6 is 0 Å². The van der Waals surface area contributed by atoms with Gasteiger partial charge in [-0.25, -0.2) is 4.79 Å². The molecule has 0 fully saturated rings. The first-order chi connectivity index (χ1) is 14.8. The Bertz CT molecular complexity index is 986. The van der Waals surface area contributed by atoms with Crippen LogP contribution in [0.5, 0.6) is 0 Å². The lowest BCUT2D eigenvalue weighted by molar-refractivity contribution is -0.155. The van der Waals surface area contributed by atoms with Gasteiger partial charge in [-0.2, -0.15) is 5.26 Å². The number of amides is 1. The predicted molar refractivity (Wildman–Crippen MR) is 118 cm³/mol. The van der Waals surface area contributed by atoms with Crippen LogP contribution in [0.3, 0.4) is 0 Å². The highest BCUT2D eigenvalue weighted by Crippen LogP contribution is 2.19. The Labute approximate surface area is 183 Å². The number of nitrogens with zero attached hydrogens (tertiary/aromatic N) is 3. The van der Waals surface area contributed by atoms with Gasteiger partial charge in [-0.15, -0.1) is 0 Å². The summed E-state index contributed by atoms with van der Waals surface area (Å²) in [7, 11) is 3.29. The van der Waals surface area contributed by atoms with Crippen molar-refractivity contribution in [1.29, 1.82) is 5.26 Å². The van der Waals surface area contributed by atoms with Crippen molar-refractivity contribution in [3.8, 4) is 6.07 Å². The zero-order chi connectivity index (χ0) is 23.0. The number of methoxy groups -OCH3 is 1. The zero-order valence-corrected chi connectivity index (χ0v) is 18.7. The van der Waals surface area contributed by atoms with Crippen LogP contribution in [0, 0.1) is 25.2 Å². The third kappa shape index (κ3) is 6.30. The van der Waals surface area contributed by atoms with Crippen LogP contribution in [0.15, 0.2) is 42.0 Å². The molecule has 0 radical (unpaired) electrons. The molecule has 31 heavy (non-hydrogen) atoms. The standard InChI is InChI=1S/C24H29N3O4/c1-17-13-21(18(2)27(17)11-12-30-5)14-22(15-25)24(29)31-19(3)23(28)26(4)16-20-9-7-6-8-10-20/h6-10,13-14,19H,11-12,16H2,1-5H3/b22-14+/t19-/m1/s1. The molecule has 0 aliphatic rings. The minimum absolute atomic E-state index is 0.155. The van der Waals surface area contributed by atoms with E-state index in [2.05, 4.69) is 4.57 Å². The molecule has 0 unspecified atom stereocenters. The highest BCUT2D eigenvalue weighted by molar-refractivity contribution is 5.99. The van der Waals surface area contributed by atoms with Gasteiger partial charge >= 0.3 is 5.97 Å². The number of aryl methyl sites for hydroxylation is 1. The number of likely N-dealkylation sites (N-methyl/N-ethyl adjacent to an activating group) is 1. The molecular weight excluding hydrogens is 394 g/mol. The van der Waals surface area contributed by atoms with Crippen molar-refractivity contribution in [2.24, 2.45) is 0 Å². The molecule has 2 rings (SSSR count). The maximum absolute atomic E-state index is 12.6. The van der Waals surface area contributed by atoms with E-state index in [1.54, 1.807) is 14.2 Å². The third-order valence-electron chi connectivity index (χ3n) is 5.04. The molecule has 0 bridgehead atoms. The second-order valence-corrected chi connectivity index (χ2v) is 7.37. The van der Waals surface area contributed by atoms with Crippen molar-refractivity contribution in [1.82, 2.24) is 9.47 Å². The fourth-order valence-electron chi connectivity index (χ4n) is 3.31. The lowest BCUT2D eigenvalue weighted by Crippen LogP contribution is -2.37. The van der Waals surface area contributed by atoms with E-state index in [9.17, 15) is 14.9 Å². The maximum Gasteiger partial charge on any atom is 0.349 e. The smallest absolute Gasteiger partial charge is 0.349 e. The van der Waals surface area contributed by atoms with Crippen LogP contribution in [0.1, 0.15) is 29.4 Å². The van der Waals surface area contributed by atoms with Crippen molar-refractivity contribution >= 4 is 18.0 Å². The first-order valence-corrected chi connectivity index (χ1v) is 10.1. The fourth-order valence-corrected chi connectivity index (χ4v) is 3.31. The van der Waals surface area contributed by atoms with E-state index in [1.165, 1.54) is 17.9 Å². The maximum atomic E-state index is 12.6. The summed E-state index contributed by atoms with van der Waals surface area (Å²) >= 11 is 0. The molecule has 164 valence electrons. The molecule has 0 aliphatic heterocycles. The molecule has 1 aromatic carbocycles. The molecule has 0 spiro atoms. The van der Waals surface area contributed by atoms with Crippen LogP contribution in [0.2, 0.25) is 0 Å². The molecule has 1 aromatic heterocycles. The minimum atomic E-state index is -1.01. The molecule has 1 heterocycles. The Kier molecular flexibility index (Phi) is 8.59. The Morgan fingerprint density at radius 3 is 2.55 bits per heavy atom. The van der Waals surface area contributed by atoms with Gasteiger partial charge in [0.1, 0.15) is 11.6 Å². The number of hydrogen-bond acceptors (Lipinski definition) is 5. The van der Waals surface area contributed by atoms with Gasteiger partial charge in [-0.1, -0.05) is 30.3 Å². The van der Waals surface area contributed by atoms with Crippen LogP contribution in [-0.4, -0.2) is 48.2 Å².